The first-order chi connectivity index (χ1) is 16.5. The second kappa shape index (κ2) is 10.9. The van der Waals surface area contributed by atoms with Gasteiger partial charge in [0.1, 0.15) is 6.61 Å². The van der Waals surface area contributed by atoms with E-state index >= 15 is 0 Å². The maximum atomic E-state index is 12.4. The highest BCUT2D eigenvalue weighted by Gasteiger charge is 2.31. The molecular formula is C27H34N2O6. The van der Waals surface area contributed by atoms with Crippen molar-refractivity contribution in [2.75, 3.05) is 6.61 Å². The molecule has 2 aromatic carbocycles. The number of carbonyl (C=O) groups is 3. The van der Waals surface area contributed by atoms with Crippen molar-refractivity contribution in [1.29, 1.82) is 0 Å². The molecule has 0 saturated carbocycles. The van der Waals surface area contributed by atoms with Crippen molar-refractivity contribution in [1.82, 2.24) is 10.6 Å². The topological polar surface area (TPSA) is 114 Å². The Hall–Kier alpha value is -3.39. The van der Waals surface area contributed by atoms with E-state index in [2.05, 4.69) is 22.8 Å². The Morgan fingerprint density at radius 1 is 0.943 bits per heavy atom. The zero-order valence-electron chi connectivity index (χ0n) is 20.8. The normalized spacial score (nSPS) is 15.3. The van der Waals surface area contributed by atoms with E-state index in [1.807, 2.05) is 57.2 Å². The Bertz CT molecular complexity index is 1030. The number of carboxylic acids is 1. The summed E-state index contributed by atoms with van der Waals surface area (Å²) >= 11 is 0. The molecule has 0 aromatic heterocycles. The Morgan fingerprint density at radius 2 is 1.49 bits per heavy atom. The number of rotatable bonds is 9. The number of ether oxygens (including phenoxy) is 2. The SMILES string of the molecule is C[C@@H](CC(=O)N[C@H](C(=O)O)[C@@H](C)OC(C)(C)C)NC(=O)OCC1c2ccccc2-c2ccccc21. The lowest BCUT2D eigenvalue weighted by molar-refractivity contribution is -0.150. The Labute approximate surface area is 206 Å². The van der Waals surface area contributed by atoms with Crippen molar-refractivity contribution < 1.29 is 29.0 Å². The standard InChI is InChI=1S/C27H34N2O6/c1-16(14-23(30)29-24(25(31)32)17(2)35-27(3,4)5)28-26(33)34-15-22-20-12-8-6-10-18(20)19-11-7-9-13-21(19)22/h6-13,16-17,22,24H,14-15H2,1-5H3,(H,28,33)(H,29,30)(H,31,32)/t16-,17+,24-/m0/s1. The lowest BCUT2D eigenvalue weighted by atomic mass is 9.98. The second-order valence-electron chi connectivity index (χ2n) is 9.89. The molecule has 0 unspecified atom stereocenters. The molecule has 35 heavy (non-hydrogen) atoms. The van der Waals surface area contributed by atoms with Crippen LogP contribution in [-0.4, -0.2) is 53.5 Å². The Kier molecular flexibility index (Phi) is 8.17. The number of hydrogen-bond donors (Lipinski definition) is 3. The van der Waals surface area contributed by atoms with E-state index in [0.717, 1.165) is 22.3 Å². The Balaban J connectivity index is 1.52. The molecule has 8 nitrogen and oxygen atoms in total. The third-order valence-electron chi connectivity index (χ3n) is 5.79. The lowest BCUT2D eigenvalue weighted by Crippen LogP contribution is -2.51. The van der Waals surface area contributed by atoms with Gasteiger partial charge >= 0.3 is 12.1 Å². The first-order valence-electron chi connectivity index (χ1n) is 11.8. The van der Waals surface area contributed by atoms with Gasteiger partial charge in [-0.15, -0.1) is 0 Å². The van der Waals surface area contributed by atoms with Gasteiger partial charge in [0, 0.05) is 18.4 Å². The van der Waals surface area contributed by atoms with Crippen LogP contribution >= 0.6 is 0 Å². The van der Waals surface area contributed by atoms with Gasteiger partial charge in [-0.05, 0) is 56.9 Å². The molecule has 0 spiro atoms. The van der Waals surface area contributed by atoms with Gasteiger partial charge in [0.25, 0.3) is 0 Å². The summed E-state index contributed by atoms with van der Waals surface area (Å²) in [7, 11) is 0. The number of aliphatic carboxylic acids is 1. The summed E-state index contributed by atoms with van der Waals surface area (Å²) in [5, 5.41) is 14.6. The molecule has 0 radical (unpaired) electrons. The molecule has 1 aliphatic rings. The van der Waals surface area contributed by atoms with Gasteiger partial charge in [0.15, 0.2) is 6.04 Å². The maximum absolute atomic E-state index is 12.4. The van der Waals surface area contributed by atoms with Crippen LogP contribution in [0.4, 0.5) is 4.79 Å². The van der Waals surface area contributed by atoms with Crippen molar-refractivity contribution in [2.24, 2.45) is 0 Å². The van der Waals surface area contributed by atoms with Gasteiger partial charge in [-0.25, -0.2) is 9.59 Å². The fourth-order valence-electron chi connectivity index (χ4n) is 4.41. The first-order valence-corrected chi connectivity index (χ1v) is 11.8. The summed E-state index contributed by atoms with van der Waals surface area (Å²) in [4.78, 5) is 36.5. The van der Waals surface area contributed by atoms with E-state index in [9.17, 15) is 19.5 Å². The Morgan fingerprint density at radius 3 is 2.00 bits per heavy atom. The molecule has 3 rings (SSSR count). The van der Waals surface area contributed by atoms with Crippen LogP contribution in [0.1, 0.15) is 58.1 Å². The first kappa shape index (κ1) is 26.2. The zero-order valence-corrected chi connectivity index (χ0v) is 20.8. The van der Waals surface area contributed by atoms with Gasteiger partial charge in [-0.2, -0.15) is 0 Å². The predicted molar refractivity (Wildman–Crippen MR) is 132 cm³/mol. The highest BCUT2D eigenvalue weighted by molar-refractivity contribution is 5.84. The number of fused-ring (bicyclic) bond motifs is 3. The number of hydrogen-bond acceptors (Lipinski definition) is 5. The molecule has 1 aliphatic carbocycles. The van der Waals surface area contributed by atoms with Crippen LogP contribution in [0.15, 0.2) is 48.5 Å². The fraction of sp³-hybridized carbons (Fsp3) is 0.444. The summed E-state index contributed by atoms with van der Waals surface area (Å²) < 4.78 is 11.2. The zero-order chi connectivity index (χ0) is 25.8. The van der Waals surface area contributed by atoms with E-state index in [-0.39, 0.29) is 18.9 Å². The molecular weight excluding hydrogens is 448 g/mol. The molecule has 0 saturated heterocycles. The summed E-state index contributed by atoms with van der Waals surface area (Å²) in [5.74, 6) is -1.76. The molecule has 0 fully saturated rings. The molecule has 2 amide bonds. The number of benzene rings is 2. The summed E-state index contributed by atoms with van der Waals surface area (Å²) in [6.45, 7) is 8.86. The minimum absolute atomic E-state index is 0.0626. The average molecular weight is 483 g/mol. The van der Waals surface area contributed by atoms with E-state index in [4.69, 9.17) is 9.47 Å². The monoisotopic (exact) mass is 482 g/mol. The van der Waals surface area contributed by atoms with Crippen molar-refractivity contribution in [3.05, 3.63) is 59.7 Å². The largest absolute Gasteiger partial charge is 0.480 e. The van der Waals surface area contributed by atoms with Crippen molar-refractivity contribution in [2.45, 2.75) is 70.7 Å². The van der Waals surface area contributed by atoms with Gasteiger partial charge < -0.3 is 25.2 Å². The molecule has 3 atom stereocenters. The van der Waals surface area contributed by atoms with Crippen molar-refractivity contribution >= 4 is 18.0 Å². The van der Waals surface area contributed by atoms with Crippen LogP contribution in [0.5, 0.6) is 0 Å². The maximum Gasteiger partial charge on any atom is 0.407 e. The van der Waals surface area contributed by atoms with Crippen LogP contribution < -0.4 is 10.6 Å². The fourth-order valence-corrected chi connectivity index (χ4v) is 4.41. The summed E-state index contributed by atoms with van der Waals surface area (Å²) in [6, 6.07) is 14.4. The third kappa shape index (κ3) is 6.82. The van der Waals surface area contributed by atoms with Crippen LogP contribution in [0.25, 0.3) is 11.1 Å². The molecule has 3 N–H and O–H groups in total. The van der Waals surface area contributed by atoms with Crippen LogP contribution in [0, 0.1) is 0 Å². The summed E-state index contributed by atoms with van der Waals surface area (Å²) in [5.41, 5.74) is 3.94. The molecule has 0 bridgehead atoms. The van der Waals surface area contributed by atoms with Crippen molar-refractivity contribution in [3.63, 3.8) is 0 Å². The van der Waals surface area contributed by atoms with E-state index < -0.39 is 41.8 Å². The highest BCUT2D eigenvalue weighted by atomic mass is 16.5. The van der Waals surface area contributed by atoms with Crippen LogP contribution in [0.2, 0.25) is 0 Å². The van der Waals surface area contributed by atoms with Crippen LogP contribution in [0.3, 0.4) is 0 Å². The number of nitrogens with one attached hydrogen (secondary N) is 2. The summed E-state index contributed by atoms with van der Waals surface area (Å²) in [6.07, 6.45) is -1.47. The van der Waals surface area contributed by atoms with E-state index in [1.165, 1.54) is 0 Å². The van der Waals surface area contributed by atoms with E-state index in [0.29, 0.717) is 0 Å². The average Bonchev–Trinajstić information content (AvgIpc) is 3.08. The number of carbonyl (C=O) groups excluding carboxylic acids is 2. The lowest BCUT2D eigenvalue weighted by Gasteiger charge is -2.29. The molecule has 188 valence electrons. The minimum atomic E-state index is -1.21. The molecule has 0 heterocycles. The number of amides is 2. The second-order valence-corrected chi connectivity index (χ2v) is 9.89. The molecule has 8 heteroatoms. The number of carboxylic acid groups (broad SMARTS) is 1. The number of alkyl carbamates (subject to hydrolysis) is 1. The molecule has 2 aromatic rings. The van der Waals surface area contributed by atoms with E-state index in [1.54, 1.807) is 13.8 Å². The van der Waals surface area contributed by atoms with Gasteiger partial charge in [-0.3, -0.25) is 4.79 Å². The van der Waals surface area contributed by atoms with Gasteiger partial charge in [0.05, 0.1) is 11.7 Å². The predicted octanol–water partition coefficient (Wildman–Crippen LogP) is 4.08. The molecule has 0 aliphatic heterocycles. The van der Waals surface area contributed by atoms with Gasteiger partial charge in [0.2, 0.25) is 5.91 Å². The van der Waals surface area contributed by atoms with Crippen LogP contribution in [-0.2, 0) is 19.1 Å². The minimum Gasteiger partial charge on any atom is -0.480 e. The van der Waals surface area contributed by atoms with Gasteiger partial charge in [-0.1, -0.05) is 48.5 Å². The smallest absolute Gasteiger partial charge is 0.407 e. The quantitative estimate of drug-likeness (QED) is 0.496. The highest BCUT2D eigenvalue weighted by Crippen LogP contribution is 2.44. The third-order valence-corrected chi connectivity index (χ3v) is 5.79. The van der Waals surface area contributed by atoms with Crippen molar-refractivity contribution in [3.8, 4) is 11.1 Å².